The second-order valence-electron chi connectivity index (χ2n) is 8.26. The minimum absolute atomic E-state index is 0.0279. The third-order valence-electron chi connectivity index (χ3n) is 5.92. The molecule has 4 unspecified atom stereocenters. The molecule has 1 aliphatic carbocycles. The Morgan fingerprint density at radius 2 is 1.84 bits per heavy atom. The van der Waals surface area contributed by atoms with Crippen molar-refractivity contribution < 1.29 is 25.0 Å². The van der Waals surface area contributed by atoms with E-state index in [0.717, 1.165) is 24.1 Å². The number of amides is 1. The molecule has 0 bridgehead atoms. The van der Waals surface area contributed by atoms with E-state index < -0.39 is 18.1 Å². The van der Waals surface area contributed by atoms with E-state index in [1.807, 2.05) is 12.1 Å². The highest BCUT2D eigenvalue weighted by molar-refractivity contribution is 6.30. The largest absolute Gasteiger partial charge is 0.393 e. The first-order valence-corrected chi connectivity index (χ1v) is 11.2. The monoisotopic (exact) mass is 452 g/mol. The lowest BCUT2D eigenvalue weighted by Gasteiger charge is -2.25. The summed E-state index contributed by atoms with van der Waals surface area (Å²) in [7, 11) is 0. The lowest BCUT2D eigenvalue weighted by Crippen LogP contribution is -2.25. The van der Waals surface area contributed by atoms with Gasteiger partial charge in [-0.15, -0.1) is 0 Å². The molecule has 1 aliphatic rings. The highest BCUT2D eigenvalue weighted by Crippen LogP contribution is 2.41. The van der Waals surface area contributed by atoms with Crippen LogP contribution >= 0.6 is 11.6 Å². The van der Waals surface area contributed by atoms with Crippen LogP contribution in [-0.2, 0) is 9.59 Å². The summed E-state index contributed by atoms with van der Waals surface area (Å²) in [5.41, 5.74) is 3.27. The average molecular weight is 453 g/mol. The van der Waals surface area contributed by atoms with Gasteiger partial charge in [0.1, 0.15) is 0 Å². The van der Waals surface area contributed by atoms with Crippen LogP contribution in [0.4, 0.5) is 5.69 Å². The Bertz CT molecular complexity index is 757. The van der Waals surface area contributed by atoms with Gasteiger partial charge in [0.05, 0.1) is 18.8 Å². The Hall–Kier alpha value is -1.93. The molecule has 0 heterocycles. The number of halogens is 1. The smallest absolute Gasteiger partial charge is 0.243 e. The molecule has 1 aromatic carbocycles. The van der Waals surface area contributed by atoms with Crippen LogP contribution in [0.25, 0.3) is 0 Å². The van der Waals surface area contributed by atoms with Crippen molar-refractivity contribution in [2.75, 3.05) is 11.9 Å². The van der Waals surface area contributed by atoms with E-state index in [-0.39, 0.29) is 30.6 Å². The lowest BCUT2D eigenvalue weighted by atomic mass is 9.82. The fourth-order valence-corrected chi connectivity index (χ4v) is 4.48. The Kier molecular flexibility index (Phi) is 10.5. The predicted molar refractivity (Wildman–Crippen MR) is 120 cm³/mol. The van der Waals surface area contributed by atoms with E-state index in [1.165, 1.54) is 0 Å². The number of anilines is 1. The normalized spacial score (nSPS) is 22.8. The Balaban J connectivity index is 1.78. The molecule has 1 aromatic rings. The van der Waals surface area contributed by atoms with E-state index in [2.05, 4.69) is 11.9 Å². The van der Waals surface area contributed by atoms with Crippen LogP contribution in [0, 0.1) is 11.8 Å². The molecule has 0 saturated heterocycles. The van der Waals surface area contributed by atoms with Gasteiger partial charge in [-0.3, -0.25) is 14.8 Å². The molecule has 0 spiro atoms. The van der Waals surface area contributed by atoms with Crippen molar-refractivity contribution in [3.05, 3.63) is 41.4 Å². The standard InChI is InChI=1S/C23H33ClN2O5/c1-15(6-3-2-4-9-22(30)26-31)23-19(20(28)13-21(23)29)11-10-18(27)14-25-17-8-5-7-16(24)12-17/h5,7-8,12,19-21,23,25,28-29,31H,1-4,6,9-11,13-14H2,(H,26,30). The van der Waals surface area contributed by atoms with Crippen LogP contribution in [0.1, 0.15) is 51.4 Å². The van der Waals surface area contributed by atoms with Crippen LogP contribution in [0.15, 0.2) is 36.4 Å². The lowest BCUT2D eigenvalue weighted by molar-refractivity contribution is -0.129. The van der Waals surface area contributed by atoms with Gasteiger partial charge in [-0.2, -0.15) is 0 Å². The van der Waals surface area contributed by atoms with Gasteiger partial charge < -0.3 is 15.5 Å². The molecule has 0 radical (unpaired) electrons. The second kappa shape index (κ2) is 12.8. The summed E-state index contributed by atoms with van der Waals surface area (Å²) >= 11 is 5.94. The number of unbranched alkanes of at least 4 members (excludes halogenated alkanes) is 2. The van der Waals surface area contributed by atoms with Crippen molar-refractivity contribution in [3.63, 3.8) is 0 Å². The number of ketones is 1. The van der Waals surface area contributed by atoms with E-state index in [4.69, 9.17) is 16.8 Å². The Morgan fingerprint density at radius 3 is 2.55 bits per heavy atom. The third kappa shape index (κ3) is 8.26. The molecule has 8 heteroatoms. The van der Waals surface area contributed by atoms with Gasteiger partial charge in [0, 0.05) is 35.9 Å². The van der Waals surface area contributed by atoms with Gasteiger partial charge >= 0.3 is 0 Å². The zero-order chi connectivity index (χ0) is 22.8. The van der Waals surface area contributed by atoms with E-state index in [0.29, 0.717) is 37.1 Å². The molecular weight excluding hydrogens is 420 g/mol. The maximum atomic E-state index is 12.3. The van der Waals surface area contributed by atoms with Crippen molar-refractivity contribution in [2.45, 2.75) is 63.6 Å². The summed E-state index contributed by atoms with van der Waals surface area (Å²) in [5, 5.41) is 33.0. The zero-order valence-electron chi connectivity index (χ0n) is 17.7. The fourth-order valence-electron chi connectivity index (χ4n) is 4.29. The minimum atomic E-state index is -0.660. The quantitative estimate of drug-likeness (QED) is 0.135. The van der Waals surface area contributed by atoms with Gasteiger partial charge in [-0.1, -0.05) is 36.2 Å². The molecule has 0 aliphatic heterocycles. The summed E-state index contributed by atoms with van der Waals surface area (Å²) in [5.74, 6) is -0.801. The van der Waals surface area contributed by atoms with Crippen LogP contribution in [0.5, 0.6) is 0 Å². The zero-order valence-corrected chi connectivity index (χ0v) is 18.5. The highest BCUT2D eigenvalue weighted by Gasteiger charge is 2.42. The van der Waals surface area contributed by atoms with Gasteiger partial charge in [0.2, 0.25) is 5.91 Å². The number of Topliss-reactive ketones (excluding diaryl/α,β-unsaturated/α-hetero) is 1. The van der Waals surface area contributed by atoms with Crippen LogP contribution < -0.4 is 10.8 Å². The third-order valence-corrected chi connectivity index (χ3v) is 6.16. The Morgan fingerprint density at radius 1 is 1.10 bits per heavy atom. The molecule has 0 aromatic heterocycles. The molecule has 4 atom stereocenters. The number of aliphatic hydroxyl groups excluding tert-OH is 2. The topological polar surface area (TPSA) is 119 Å². The van der Waals surface area contributed by atoms with Crippen molar-refractivity contribution >= 4 is 29.0 Å². The first-order valence-electron chi connectivity index (χ1n) is 10.8. The highest BCUT2D eigenvalue weighted by atomic mass is 35.5. The SMILES string of the molecule is C=C(CCCCCC(=O)NO)C1C(O)CC(O)C1CCC(=O)CNc1cccc(Cl)c1. The van der Waals surface area contributed by atoms with Crippen LogP contribution in [-0.4, -0.2) is 45.9 Å². The van der Waals surface area contributed by atoms with E-state index in [1.54, 1.807) is 17.6 Å². The van der Waals surface area contributed by atoms with Crippen molar-refractivity contribution in [2.24, 2.45) is 11.8 Å². The van der Waals surface area contributed by atoms with Gasteiger partial charge in [-0.05, 0) is 49.8 Å². The van der Waals surface area contributed by atoms with E-state index in [9.17, 15) is 19.8 Å². The van der Waals surface area contributed by atoms with Crippen LogP contribution in [0.3, 0.4) is 0 Å². The maximum Gasteiger partial charge on any atom is 0.243 e. The first kappa shape index (κ1) is 25.3. The molecule has 172 valence electrons. The molecule has 1 saturated carbocycles. The average Bonchev–Trinajstić information content (AvgIpc) is 3.03. The molecule has 31 heavy (non-hydrogen) atoms. The summed E-state index contributed by atoms with van der Waals surface area (Å²) in [4.78, 5) is 23.4. The van der Waals surface area contributed by atoms with Gasteiger partial charge in [0.25, 0.3) is 0 Å². The van der Waals surface area contributed by atoms with Crippen LogP contribution in [0.2, 0.25) is 5.02 Å². The molecule has 1 fully saturated rings. The van der Waals surface area contributed by atoms with Crippen molar-refractivity contribution in [1.29, 1.82) is 0 Å². The summed E-state index contributed by atoms with van der Waals surface area (Å²) in [6.45, 7) is 4.31. The van der Waals surface area contributed by atoms with Crippen molar-refractivity contribution in [1.82, 2.24) is 5.48 Å². The number of benzene rings is 1. The molecule has 5 N–H and O–H groups in total. The number of hydrogen-bond acceptors (Lipinski definition) is 6. The molecule has 7 nitrogen and oxygen atoms in total. The second-order valence-corrected chi connectivity index (χ2v) is 8.69. The van der Waals surface area contributed by atoms with Gasteiger partial charge in [-0.25, -0.2) is 5.48 Å². The number of rotatable bonds is 13. The number of carbonyl (C=O) groups excluding carboxylic acids is 2. The van der Waals surface area contributed by atoms with Crippen molar-refractivity contribution in [3.8, 4) is 0 Å². The predicted octanol–water partition coefficient (Wildman–Crippen LogP) is 3.47. The number of aliphatic hydroxyl groups is 2. The first-order chi connectivity index (χ1) is 14.8. The summed E-state index contributed by atoms with van der Waals surface area (Å²) < 4.78 is 0. The summed E-state index contributed by atoms with van der Waals surface area (Å²) in [6, 6.07) is 7.16. The maximum absolute atomic E-state index is 12.3. The molecule has 2 rings (SSSR count). The number of hydrogen-bond donors (Lipinski definition) is 5. The number of carbonyl (C=O) groups is 2. The fraction of sp³-hybridized carbons (Fsp3) is 0.565. The van der Waals surface area contributed by atoms with Gasteiger partial charge in [0.15, 0.2) is 5.78 Å². The molecular formula is C23H33ClN2O5. The molecule has 1 amide bonds. The Labute approximate surface area is 188 Å². The minimum Gasteiger partial charge on any atom is -0.393 e. The number of nitrogens with one attached hydrogen (secondary N) is 2. The summed E-state index contributed by atoms with van der Waals surface area (Å²) in [6.07, 6.45) is 3.01. The number of hydroxylamine groups is 1. The van der Waals surface area contributed by atoms with E-state index >= 15 is 0 Å².